The van der Waals surface area contributed by atoms with Gasteiger partial charge in [0.15, 0.2) is 0 Å². The Kier molecular flexibility index (Phi) is 3.13. The molecule has 0 amide bonds. The summed E-state index contributed by atoms with van der Waals surface area (Å²) in [5, 5.41) is 0. The Morgan fingerprint density at radius 1 is 0.684 bits per heavy atom. The Balaban J connectivity index is 1.73. The number of hydrogen-bond acceptors (Lipinski definition) is 3. The minimum Gasteiger partial charge on any atom is -0.399 e. The van der Waals surface area contributed by atoms with E-state index in [-0.39, 0.29) is 12.2 Å². The molecule has 2 aromatic rings. The first-order valence-corrected chi connectivity index (χ1v) is 6.59. The largest absolute Gasteiger partial charge is 0.399 e. The number of ether oxygens (including phenoxy) is 1. The van der Waals surface area contributed by atoms with Crippen LogP contribution in [0.4, 0.5) is 11.4 Å². The van der Waals surface area contributed by atoms with Crippen LogP contribution in [-0.2, 0) is 4.74 Å². The molecule has 1 fully saturated rings. The van der Waals surface area contributed by atoms with Crippen LogP contribution >= 0.6 is 0 Å². The highest BCUT2D eigenvalue weighted by Gasteiger charge is 2.27. The molecule has 3 nitrogen and oxygen atoms in total. The summed E-state index contributed by atoms with van der Waals surface area (Å²) in [7, 11) is 0. The maximum atomic E-state index is 6.13. The fraction of sp³-hybridized carbons (Fsp3) is 0.250. The molecule has 0 aromatic heterocycles. The maximum absolute atomic E-state index is 6.13. The second-order valence-electron chi connectivity index (χ2n) is 5.02. The van der Waals surface area contributed by atoms with E-state index in [0.717, 1.165) is 24.2 Å². The van der Waals surface area contributed by atoms with Crippen molar-refractivity contribution in [1.29, 1.82) is 0 Å². The van der Waals surface area contributed by atoms with Crippen LogP contribution in [0.2, 0.25) is 0 Å². The molecular formula is C16H18N2O. The SMILES string of the molecule is Nc1ccc(C2CCC(c3ccc(N)cc3)O2)cc1. The molecule has 1 saturated heterocycles. The van der Waals surface area contributed by atoms with E-state index in [9.17, 15) is 0 Å². The van der Waals surface area contributed by atoms with Crippen LogP contribution in [-0.4, -0.2) is 0 Å². The molecule has 0 spiro atoms. The highest BCUT2D eigenvalue weighted by molar-refractivity contribution is 5.41. The van der Waals surface area contributed by atoms with Crippen molar-refractivity contribution in [3.05, 3.63) is 59.7 Å². The molecule has 0 bridgehead atoms. The van der Waals surface area contributed by atoms with Gasteiger partial charge in [0.05, 0.1) is 12.2 Å². The van der Waals surface area contributed by atoms with Crippen molar-refractivity contribution >= 4 is 11.4 Å². The normalized spacial score (nSPS) is 22.5. The third-order valence-electron chi connectivity index (χ3n) is 3.64. The predicted octanol–water partition coefficient (Wildman–Crippen LogP) is 3.44. The lowest BCUT2D eigenvalue weighted by Gasteiger charge is -2.14. The van der Waals surface area contributed by atoms with Crippen LogP contribution in [0.25, 0.3) is 0 Å². The topological polar surface area (TPSA) is 61.3 Å². The van der Waals surface area contributed by atoms with Crippen molar-refractivity contribution in [2.75, 3.05) is 11.5 Å². The van der Waals surface area contributed by atoms with Gasteiger partial charge in [0.25, 0.3) is 0 Å². The molecule has 19 heavy (non-hydrogen) atoms. The van der Waals surface area contributed by atoms with E-state index >= 15 is 0 Å². The molecule has 1 heterocycles. The second-order valence-corrected chi connectivity index (χ2v) is 5.02. The fourth-order valence-corrected chi connectivity index (χ4v) is 2.55. The van der Waals surface area contributed by atoms with Crippen molar-refractivity contribution < 1.29 is 4.74 Å². The first-order chi connectivity index (χ1) is 9.22. The summed E-state index contributed by atoms with van der Waals surface area (Å²) in [4.78, 5) is 0. The van der Waals surface area contributed by atoms with Gasteiger partial charge in [-0.2, -0.15) is 0 Å². The summed E-state index contributed by atoms with van der Waals surface area (Å²) in [5.41, 5.74) is 15.4. The molecule has 3 heteroatoms. The molecule has 0 radical (unpaired) electrons. The number of nitrogens with two attached hydrogens (primary N) is 2. The zero-order chi connectivity index (χ0) is 13.2. The number of anilines is 2. The van der Waals surface area contributed by atoms with Gasteiger partial charge in [-0.1, -0.05) is 24.3 Å². The van der Waals surface area contributed by atoms with Crippen molar-refractivity contribution in [2.24, 2.45) is 0 Å². The minimum atomic E-state index is 0.170. The van der Waals surface area contributed by atoms with Crippen LogP contribution in [0.3, 0.4) is 0 Å². The summed E-state index contributed by atoms with van der Waals surface area (Å²) >= 11 is 0. The Morgan fingerprint density at radius 3 is 1.42 bits per heavy atom. The van der Waals surface area contributed by atoms with Gasteiger partial charge >= 0.3 is 0 Å². The fourth-order valence-electron chi connectivity index (χ4n) is 2.55. The molecule has 0 aliphatic carbocycles. The van der Waals surface area contributed by atoms with Gasteiger partial charge < -0.3 is 16.2 Å². The van der Waals surface area contributed by atoms with Gasteiger partial charge in [-0.25, -0.2) is 0 Å². The molecule has 0 saturated carbocycles. The van der Waals surface area contributed by atoms with E-state index in [0.29, 0.717) is 0 Å². The average molecular weight is 254 g/mol. The van der Waals surface area contributed by atoms with Gasteiger partial charge in [-0.15, -0.1) is 0 Å². The van der Waals surface area contributed by atoms with Crippen LogP contribution < -0.4 is 11.5 Å². The van der Waals surface area contributed by atoms with E-state index in [2.05, 4.69) is 0 Å². The minimum absolute atomic E-state index is 0.170. The Labute approximate surface area is 113 Å². The summed E-state index contributed by atoms with van der Waals surface area (Å²) in [6.07, 6.45) is 2.42. The van der Waals surface area contributed by atoms with Crippen LogP contribution in [0, 0.1) is 0 Å². The number of hydrogen-bond donors (Lipinski definition) is 2. The van der Waals surface area contributed by atoms with E-state index in [1.165, 1.54) is 11.1 Å². The number of benzene rings is 2. The predicted molar refractivity (Wildman–Crippen MR) is 77.5 cm³/mol. The van der Waals surface area contributed by atoms with E-state index < -0.39 is 0 Å². The third-order valence-corrected chi connectivity index (χ3v) is 3.64. The van der Waals surface area contributed by atoms with Gasteiger partial charge in [-0.05, 0) is 48.2 Å². The highest BCUT2D eigenvalue weighted by Crippen LogP contribution is 2.40. The molecular weight excluding hydrogens is 236 g/mol. The average Bonchev–Trinajstić information content (AvgIpc) is 2.90. The monoisotopic (exact) mass is 254 g/mol. The lowest BCUT2D eigenvalue weighted by atomic mass is 10.0. The quantitative estimate of drug-likeness (QED) is 0.807. The van der Waals surface area contributed by atoms with E-state index in [1.807, 2.05) is 48.5 Å². The van der Waals surface area contributed by atoms with Crippen molar-refractivity contribution in [1.82, 2.24) is 0 Å². The van der Waals surface area contributed by atoms with E-state index in [4.69, 9.17) is 16.2 Å². The highest BCUT2D eigenvalue weighted by atomic mass is 16.5. The summed E-state index contributed by atoms with van der Waals surface area (Å²) in [5.74, 6) is 0. The van der Waals surface area contributed by atoms with E-state index in [1.54, 1.807) is 0 Å². The number of nitrogen functional groups attached to an aromatic ring is 2. The summed E-state index contributed by atoms with van der Waals surface area (Å²) in [6, 6.07) is 15.9. The van der Waals surface area contributed by atoms with Crippen LogP contribution in [0.5, 0.6) is 0 Å². The zero-order valence-corrected chi connectivity index (χ0v) is 10.8. The third kappa shape index (κ3) is 2.56. The van der Waals surface area contributed by atoms with Crippen molar-refractivity contribution in [2.45, 2.75) is 25.0 Å². The Bertz CT molecular complexity index is 496. The summed E-state index contributed by atoms with van der Waals surface area (Å²) in [6.45, 7) is 0. The lowest BCUT2D eigenvalue weighted by Crippen LogP contribution is -2.00. The first kappa shape index (κ1) is 12.1. The summed E-state index contributed by atoms with van der Waals surface area (Å²) < 4.78 is 6.13. The van der Waals surface area contributed by atoms with Crippen LogP contribution in [0.1, 0.15) is 36.2 Å². The van der Waals surface area contributed by atoms with Gasteiger partial charge in [-0.3, -0.25) is 0 Å². The Morgan fingerprint density at radius 2 is 1.05 bits per heavy atom. The Hall–Kier alpha value is -2.00. The standard InChI is InChI=1S/C16H18N2O/c17-13-5-1-11(2-6-13)15-9-10-16(19-15)12-3-7-14(18)8-4-12/h1-8,15-16H,9-10,17-18H2. The molecule has 1 aliphatic rings. The molecule has 3 rings (SSSR count). The van der Waals surface area contributed by atoms with Gasteiger partial charge in [0.1, 0.15) is 0 Å². The molecule has 2 aromatic carbocycles. The lowest BCUT2D eigenvalue weighted by molar-refractivity contribution is 0.0441. The molecule has 2 unspecified atom stereocenters. The zero-order valence-electron chi connectivity index (χ0n) is 10.8. The molecule has 1 aliphatic heterocycles. The second kappa shape index (κ2) is 4.94. The molecule has 98 valence electrons. The number of rotatable bonds is 2. The smallest absolute Gasteiger partial charge is 0.0834 e. The van der Waals surface area contributed by atoms with Crippen molar-refractivity contribution in [3.8, 4) is 0 Å². The van der Waals surface area contributed by atoms with Gasteiger partial charge in [0.2, 0.25) is 0 Å². The van der Waals surface area contributed by atoms with Crippen LogP contribution in [0.15, 0.2) is 48.5 Å². The first-order valence-electron chi connectivity index (χ1n) is 6.59. The maximum Gasteiger partial charge on any atom is 0.0834 e. The van der Waals surface area contributed by atoms with Crippen molar-refractivity contribution in [3.63, 3.8) is 0 Å². The van der Waals surface area contributed by atoms with Gasteiger partial charge in [0, 0.05) is 11.4 Å². The molecule has 2 atom stereocenters. The molecule has 4 N–H and O–H groups in total.